The number of thiophene rings is 1. The van der Waals surface area contributed by atoms with Crippen molar-refractivity contribution in [3.63, 3.8) is 0 Å². The van der Waals surface area contributed by atoms with Gasteiger partial charge in [0.05, 0.1) is 23.4 Å². The van der Waals surface area contributed by atoms with Gasteiger partial charge in [0.25, 0.3) is 0 Å². The van der Waals surface area contributed by atoms with E-state index < -0.39 is 17.7 Å². The molecule has 2 heterocycles. The number of esters is 1. The number of rotatable bonds is 3. The number of carbonyl (C=O) groups is 2. The Morgan fingerprint density at radius 3 is 2.54 bits per heavy atom. The highest BCUT2D eigenvalue weighted by atomic mass is 32.1. The largest absolute Gasteiger partial charge is 0.465 e. The highest BCUT2D eigenvalue weighted by Gasteiger charge is 2.23. The molecule has 0 spiro atoms. The quantitative estimate of drug-likeness (QED) is 0.770. The number of anilines is 1. The summed E-state index contributed by atoms with van der Waals surface area (Å²) >= 11 is 1.21. The van der Waals surface area contributed by atoms with E-state index in [1.165, 1.54) is 18.4 Å². The molecule has 7 heteroatoms. The van der Waals surface area contributed by atoms with Gasteiger partial charge in [-0.3, -0.25) is 10.3 Å². The second-order valence-corrected chi connectivity index (χ2v) is 8.51. The zero-order valence-corrected chi connectivity index (χ0v) is 16.7. The standard InChI is InChI=1S/C19H24N2O4S/c1-18(2,3)25-17(23)21-13-11-14(26-15(13)16(22)24-6)12-7-8-19(4,5)9-10-20-12/h7-11H,1-6H3,(H,21,23). The molecule has 1 N–H and O–H groups in total. The molecule has 0 fully saturated rings. The molecule has 0 unspecified atom stereocenters. The Morgan fingerprint density at radius 2 is 1.92 bits per heavy atom. The van der Waals surface area contributed by atoms with E-state index in [9.17, 15) is 9.59 Å². The first-order valence-corrected chi connectivity index (χ1v) is 9.00. The molecule has 0 saturated heterocycles. The molecule has 1 aliphatic heterocycles. The van der Waals surface area contributed by atoms with Crippen molar-refractivity contribution in [2.75, 3.05) is 12.4 Å². The average molecular weight is 376 g/mol. The van der Waals surface area contributed by atoms with Gasteiger partial charge in [0.1, 0.15) is 10.5 Å². The first-order chi connectivity index (χ1) is 12.0. The summed E-state index contributed by atoms with van der Waals surface area (Å²) in [6, 6.07) is 1.70. The van der Waals surface area contributed by atoms with Crippen LogP contribution in [0.5, 0.6) is 0 Å². The zero-order valence-electron chi connectivity index (χ0n) is 15.9. The fraction of sp³-hybridized carbons (Fsp3) is 0.421. The van der Waals surface area contributed by atoms with E-state index in [2.05, 4.69) is 24.2 Å². The van der Waals surface area contributed by atoms with E-state index in [-0.39, 0.29) is 10.3 Å². The van der Waals surface area contributed by atoms with Crippen molar-refractivity contribution >= 4 is 34.8 Å². The lowest BCUT2D eigenvalue weighted by Crippen LogP contribution is -2.27. The lowest BCUT2D eigenvalue weighted by molar-refractivity contribution is 0.0607. The fourth-order valence-corrected chi connectivity index (χ4v) is 3.12. The number of hydrogen-bond donors (Lipinski definition) is 1. The summed E-state index contributed by atoms with van der Waals surface area (Å²) in [5.41, 5.74) is 0.304. The Bertz CT molecular complexity index is 795. The summed E-state index contributed by atoms with van der Waals surface area (Å²) in [6.07, 6.45) is 7.04. The maximum atomic E-state index is 12.1. The van der Waals surface area contributed by atoms with Crippen molar-refractivity contribution < 1.29 is 19.1 Å². The highest BCUT2D eigenvalue weighted by molar-refractivity contribution is 7.16. The molecule has 0 atom stereocenters. The summed E-state index contributed by atoms with van der Waals surface area (Å²) in [6.45, 7) is 9.45. The van der Waals surface area contributed by atoms with Gasteiger partial charge in [0.2, 0.25) is 0 Å². The van der Waals surface area contributed by atoms with Crippen LogP contribution in [0.4, 0.5) is 10.5 Å². The lowest BCUT2D eigenvalue weighted by Gasteiger charge is -2.19. The van der Waals surface area contributed by atoms with Crippen LogP contribution in [0.2, 0.25) is 0 Å². The Balaban J connectivity index is 2.35. The molecular weight excluding hydrogens is 352 g/mol. The normalized spacial score (nSPS) is 15.8. The molecule has 26 heavy (non-hydrogen) atoms. The van der Waals surface area contributed by atoms with Crippen LogP contribution in [-0.4, -0.2) is 30.5 Å². The molecule has 0 aliphatic carbocycles. The summed E-state index contributed by atoms with van der Waals surface area (Å²) in [5.74, 6) is -0.526. The molecule has 2 rings (SSSR count). The van der Waals surface area contributed by atoms with Gasteiger partial charge in [-0.25, -0.2) is 9.59 Å². The predicted octanol–water partition coefficient (Wildman–Crippen LogP) is 4.78. The number of amides is 1. The first-order valence-electron chi connectivity index (χ1n) is 8.18. The SMILES string of the molecule is COC(=O)c1sc(C2=NC=CC(C)(C)C=C2)cc1NC(=O)OC(C)(C)C. The summed E-state index contributed by atoms with van der Waals surface area (Å²) < 4.78 is 10.1. The number of nitrogens with zero attached hydrogens (tertiary/aromatic N) is 1. The van der Waals surface area contributed by atoms with Gasteiger partial charge in [-0.2, -0.15) is 0 Å². The number of nitrogens with one attached hydrogen (secondary N) is 1. The van der Waals surface area contributed by atoms with Gasteiger partial charge in [-0.1, -0.05) is 26.0 Å². The molecule has 0 bridgehead atoms. The van der Waals surface area contributed by atoms with Gasteiger partial charge in [0, 0.05) is 11.6 Å². The molecule has 140 valence electrons. The fourth-order valence-electron chi connectivity index (χ4n) is 2.12. The smallest absolute Gasteiger partial charge is 0.412 e. The van der Waals surface area contributed by atoms with Crippen LogP contribution in [0.1, 0.15) is 49.2 Å². The Morgan fingerprint density at radius 1 is 1.23 bits per heavy atom. The lowest BCUT2D eigenvalue weighted by atomic mass is 9.93. The van der Waals surface area contributed by atoms with E-state index in [0.29, 0.717) is 11.4 Å². The van der Waals surface area contributed by atoms with E-state index in [1.807, 2.05) is 18.2 Å². The molecule has 1 aromatic rings. The van der Waals surface area contributed by atoms with Gasteiger partial charge in [-0.05, 0) is 32.9 Å². The number of allylic oxidation sites excluding steroid dienone is 3. The van der Waals surface area contributed by atoms with Gasteiger partial charge >= 0.3 is 12.1 Å². The Kier molecular flexibility index (Phi) is 5.71. The molecule has 1 aromatic heterocycles. The van der Waals surface area contributed by atoms with E-state index >= 15 is 0 Å². The summed E-state index contributed by atoms with van der Waals surface area (Å²) in [7, 11) is 1.30. The minimum absolute atomic E-state index is 0.106. The molecule has 1 amide bonds. The third kappa shape index (κ3) is 5.29. The Labute approximate surface area is 157 Å². The van der Waals surface area contributed by atoms with Crippen molar-refractivity contribution in [1.29, 1.82) is 0 Å². The number of hydrogen-bond acceptors (Lipinski definition) is 6. The van der Waals surface area contributed by atoms with E-state index in [0.717, 1.165) is 4.88 Å². The average Bonchev–Trinajstić information content (AvgIpc) is 2.82. The van der Waals surface area contributed by atoms with Crippen LogP contribution in [0.15, 0.2) is 35.5 Å². The van der Waals surface area contributed by atoms with Crippen LogP contribution in [0.25, 0.3) is 0 Å². The Hall–Kier alpha value is -2.41. The first kappa shape index (κ1) is 19.9. The second kappa shape index (κ2) is 7.45. The number of methoxy groups -OCH3 is 1. The minimum Gasteiger partial charge on any atom is -0.465 e. The molecular formula is C19H24N2O4S. The predicted molar refractivity (Wildman–Crippen MR) is 104 cm³/mol. The van der Waals surface area contributed by atoms with E-state index in [1.54, 1.807) is 33.0 Å². The van der Waals surface area contributed by atoms with Crippen LogP contribution < -0.4 is 5.32 Å². The van der Waals surface area contributed by atoms with Crippen LogP contribution in [0.3, 0.4) is 0 Å². The van der Waals surface area contributed by atoms with Crippen LogP contribution >= 0.6 is 11.3 Å². The van der Waals surface area contributed by atoms with E-state index in [4.69, 9.17) is 9.47 Å². The minimum atomic E-state index is -0.640. The van der Waals surface area contributed by atoms with Crippen LogP contribution in [0, 0.1) is 5.41 Å². The van der Waals surface area contributed by atoms with Crippen LogP contribution in [-0.2, 0) is 9.47 Å². The van der Waals surface area contributed by atoms with Crippen molar-refractivity contribution in [3.8, 4) is 0 Å². The maximum absolute atomic E-state index is 12.1. The molecule has 6 nitrogen and oxygen atoms in total. The topological polar surface area (TPSA) is 77.0 Å². The molecule has 1 aliphatic rings. The molecule has 0 aromatic carbocycles. The van der Waals surface area contributed by atoms with Gasteiger partial charge < -0.3 is 9.47 Å². The molecule has 0 radical (unpaired) electrons. The third-order valence-electron chi connectivity index (χ3n) is 3.38. The van der Waals surface area contributed by atoms with Crippen molar-refractivity contribution in [1.82, 2.24) is 0 Å². The molecule has 0 saturated carbocycles. The second-order valence-electron chi connectivity index (χ2n) is 7.46. The van der Waals surface area contributed by atoms with Crippen molar-refractivity contribution in [2.24, 2.45) is 10.4 Å². The number of carbonyl (C=O) groups excluding carboxylic acids is 2. The number of aliphatic imine (C=N–C) groups is 1. The van der Waals surface area contributed by atoms with Gasteiger partial charge in [0.15, 0.2) is 0 Å². The summed E-state index contributed by atoms with van der Waals surface area (Å²) in [5, 5.41) is 2.62. The maximum Gasteiger partial charge on any atom is 0.412 e. The van der Waals surface area contributed by atoms with Crippen molar-refractivity contribution in [2.45, 2.75) is 40.2 Å². The zero-order chi connectivity index (χ0) is 19.5. The third-order valence-corrected chi connectivity index (χ3v) is 4.52. The number of ether oxygens (including phenoxy) is 2. The monoisotopic (exact) mass is 376 g/mol. The van der Waals surface area contributed by atoms with Crippen molar-refractivity contribution in [3.05, 3.63) is 40.2 Å². The highest BCUT2D eigenvalue weighted by Crippen LogP contribution is 2.31. The summed E-state index contributed by atoms with van der Waals surface area (Å²) in [4.78, 5) is 29.6. The van der Waals surface area contributed by atoms with Gasteiger partial charge in [-0.15, -0.1) is 11.3 Å².